The van der Waals surface area contributed by atoms with Gasteiger partial charge in [-0.3, -0.25) is 0 Å². The fourth-order valence-electron chi connectivity index (χ4n) is 2.26. The van der Waals surface area contributed by atoms with Gasteiger partial charge in [0, 0.05) is 6.42 Å². The molecular formula is C10H13N3O7. The Bertz CT molecular complexity index is 682. The van der Waals surface area contributed by atoms with Crippen LogP contribution in [0.1, 0.15) is 25.4 Å². The van der Waals surface area contributed by atoms with Crippen LogP contribution in [0.2, 0.25) is 0 Å². The van der Waals surface area contributed by atoms with Crippen LogP contribution in [-0.2, 0) is 16.1 Å². The fourth-order valence-corrected chi connectivity index (χ4v) is 2.26. The van der Waals surface area contributed by atoms with Crippen LogP contribution in [0.3, 0.4) is 0 Å². The van der Waals surface area contributed by atoms with Crippen LogP contribution in [0.25, 0.3) is 0 Å². The first-order chi connectivity index (χ1) is 9.25. The molecule has 0 fully saturated rings. The molecule has 0 aromatic carbocycles. The number of nitrogens with zero attached hydrogens (tertiary/aromatic N) is 3. The minimum atomic E-state index is -1.42. The largest absolute Gasteiger partial charge is 0.480 e. The van der Waals surface area contributed by atoms with E-state index >= 15 is 0 Å². The Morgan fingerprint density at radius 3 is 2.35 bits per heavy atom. The van der Waals surface area contributed by atoms with E-state index in [0.717, 1.165) is 11.6 Å². The van der Waals surface area contributed by atoms with Crippen LogP contribution >= 0.6 is 0 Å². The van der Waals surface area contributed by atoms with Crippen LogP contribution in [-0.4, -0.2) is 47.3 Å². The molecule has 0 saturated heterocycles. The van der Waals surface area contributed by atoms with Gasteiger partial charge < -0.3 is 15.3 Å². The molecule has 10 nitrogen and oxygen atoms in total. The van der Waals surface area contributed by atoms with Crippen LogP contribution in [0.4, 0.5) is 0 Å². The van der Waals surface area contributed by atoms with Crippen molar-refractivity contribution in [3.63, 3.8) is 0 Å². The molecule has 3 atom stereocenters. The first-order valence-electron chi connectivity index (χ1n) is 5.83. The van der Waals surface area contributed by atoms with Gasteiger partial charge in [0.25, 0.3) is 0 Å². The highest BCUT2D eigenvalue weighted by molar-refractivity contribution is 5.72. The topological polar surface area (TPSA) is 144 Å². The third kappa shape index (κ3) is 1.93. The Labute approximate surface area is 111 Å². The zero-order valence-corrected chi connectivity index (χ0v) is 10.5. The molecule has 0 spiro atoms. The second kappa shape index (κ2) is 4.63. The Morgan fingerprint density at radius 2 is 1.85 bits per heavy atom. The van der Waals surface area contributed by atoms with Gasteiger partial charge in [-0.25, -0.2) is 33.1 Å². The average molecular weight is 287 g/mol. The van der Waals surface area contributed by atoms with E-state index < -0.39 is 41.5 Å². The summed E-state index contributed by atoms with van der Waals surface area (Å²) in [7, 11) is 0. The molecule has 1 aromatic rings. The van der Waals surface area contributed by atoms with Gasteiger partial charge in [0.15, 0.2) is 6.04 Å². The monoisotopic (exact) mass is 287 g/mol. The number of rotatable bonds is 3. The Hall–Kier alpha value is -2.36. The zero-order chi connectivity index (χ0) is 15.2. The number of hydrogen-bond acceptors (Lipinski definition) is 5. The van der Waals surface area contributed by atoms with Crippen molar-refractivity contribution in [2.75, 3.05) is 0 Å². The maximum atomic E-state index is 12.1. The van der Waals surface area contributed by atoms with E-state index in [1.807, 2.05) is 0 Å². The lowest BCUT2D eigenvalue weighted by Crippen LogP contribution is -2.43. The molecule has 3 unspecified atom stereocenters. The van der Waals surface area contributed by atoms with E-state index in [9.17, 15) is 24.3 Å². The Balaban J connectivity index is 2.71. The number of fused-ring (bicyclic) bond motifs is 1. The standard InChI is InChI=1S/C10H13N3O7/c1-4(7(15)16)12-9(19)11-3-5(14)2-6(8(17)18)13(11)10(12)20/h4-6,14H,2-3H2,1H3,(H,15,16)(H,17,18). The highest BCUT2D eigenvalue weighted by atomic mass is 16.4. The summed E-state index contributed by atoms with van der Waals surface area (Å²) >= 11 is 0. The number of hydrogen-bond donors (Lipinski definition) is 3. The first kappa shape index (κ1) is 14.1. The van der Waals surface area contributed by atoms with E-state index in [1.165, 1.54) is 0 Å². The van der Waals surface area contributed by atoms with Gasteiger partial charge >= 0.3 is 23.3 Å². The zero-order valence-electron chi connectivity index (χ0n) is 10.5. The van der Waals surface area contributed by atoms with E-state index in [2.05, 4.69) is 0 Å². The van der Waals surface area contributed by atoms with E-state index in [1.54, 1.807) is 0 Å². The average Bonchev–Trinajstić information content (AvgIpc) is 2.60. The van der Waals surface area contributed by atoms with Crippen molar-refractivity contribution >= 4 is 11.9 Å². The van der Waals surface area contributed by atoms with Crippen molar-refractivity contribution in [1.82, 2.24) is 13.9 Å². The SMILES string of the molecule is CC(C(=O)O)n1c(=O)n2n(c1=O)C(C(=O)O)CC(O)C2. The van der Waals surface area contributed by atoms with Gasteiger partial charge in [-0.2, -0.15) is 0 Å². The number of carboxylic acids is 2. The maximum Gasteiger partial charge on any atom is 0.348 e. The molecule has 1 aromatic heterocycles. The lowest BCUT2D eigenvalue weighted by atomic mass is 10.1. The van der Waals surface area contributed by atoms with Crippen molar-refractivity contribution in [3.8, 4) is 0 Å². The highest BCUT2D eigenvalue weighted by Crippen LogP contribution is 2.18. The van der Waals surface area contributed by atoms with Crippen LogP contribution < -0.4 is 11.4 Å². The molecule has 0 aliphatic carbocycles. The molecule has 10 heteroatoms. The van der Waals surface area contributed by atoms with Crippen molar-refractivity contribution in [2.45, 2.75) is 38.1 Å². The summed E-state index contributed by atoms with van der Waals surface area (Å²) in [6.07, 6.45) is -1.32. The van der Waals surface area contributed by atoms with Crippen LogP contribution in [0.15, 0.2) is 9.59 Å². The molecule has 2 rings (SSSR count). The summed E-state index contributed by atoms with van der Waals surface area (Å²) in [5.74, 6) is -2.76. The number of aliphatic hydroxyl groups is 1. The van der Waals surface area contributed by atoms with Crippen molar-refractivity contribution in [1.29, 1.82) is 0 Å². The molecular weight excluding hydrogens is 274 g/mol. The summed E-state index contributed by atoms with van der Waals surface area (Å²) in [6, 6.07) is -2.83. The number of aromatic nitrogens is 3. The van der Waals surface area contributed by atoms with Gasteiger partial charge in [-0.15, -0.1) is 0 Å². The molecule has 1 aliphatic rings. The number of carboxylic acid groups (broad SMARTS) is 2. The van der Waals surface area contributed by atoms with Gasteiger partial charge in [-0.1, -0.05) is 0 Å². The lowest BCUT2D eigenvalue weighted by molar-refractivity contribution is -0.144. The predicted octanol–water partition coefficient (Wildman–Crippen LogP) is -2.15. The maximum absolute atomic E-state index is 12.1. The number of aliphatic carboxylic acids is 2. The van der Waals surface area contributed by atoms with Crippen LogP contribution in [0.5, 0.6) is 0 Å². The molecule has 0 saturated carbocycles. The molecule has 20 heavy (non-hydrogen) atoms. The van der Waals surface area contributed by atoms with E-state index in [-0.39, 0.29) is 13.0 Å². The molecule has 1 aliphatic heterocycles. The molecule has 2 heterocycles. The van der Waals surface area contributed by atoms with Gasteiger partial charge in [-0.05, 0) is 6.92 Å². The molecule has 110 valence electrons. The third-order valence-electron chi connectivity index (χ3n) is 3.29. The minimum Gasteiger partial charge on any atom is -0.480 e. The third-order valence-corrected chi connectivity index (χ3v) is 3.29. The van der Waals surface area contributed by atoms with Crippen molar-refractivity contribution < 1.29 is 24.9 Å². The normalized spacial score (nSPS) is 23.1. The fraction of sp³-hybridized carbons (Fsp3) is 0.600. The smallest absolute Gasteiger partial charge is 0.348 e. The van der Waals surface area contributed by atoms with Crippen molar-refractivity contribution in [3.05, 3.63) is 21.0 Å². The Morgan fingerprint density at radius 1 is 1.25 bits per heavy atom. The summed E-state index contributed by atoms with van der Waals surface area (Å²) in [6.45, 7) is 0.890. The van der Waals surface area contributed by atoms with Crippen LogP contribution in [0, 0.1) is 0 Å². The number of aliphatic hydroxyl groups excluding tert-OH is 1. The van der Waals surface area contributed by atoms with Gasteiger partial charge in [0.2, 0.25) is 0 Å². The predicted molar refractivity (Wildman–Crippen MR) is 62.6 cm³/mol. The van der Waals surface area contributed by atoms with Gasteiger partial charge in [0.05, 0.1) is 12.6 Å². The Kier molecular flexibility index (Phi) is 3.26. The second-order valence-electron chi connectivity index (χ2n) is 4.62. The minimum absolute atomic E-state index is 0.222. The summed E-state index contributed by atoms with van der Waals surface area (Å²) in [5, 5.41) is 27.5. The number of carbonyl (C=O) groups is 2. The first-order valence-corrected chi connectivity index (χ1v) is 5.83. The van der Waals surface area contributed by atoms with Crippen molar-refractivity contribution in [2.24, 2.45) is 0 Å². The second-order valence-corrected chi connectivity index (χ2v) is 4.62. The van der Waals surface area contributed by atoms with E-state index in [4.69, 9.17) is 10.2 Å². The molecule has 3 N–H and O–H groups in total. The molecule has 0 bridgehead atoms. The van der Waals surface area contributed by atoms with E-state index in [0.29, 0.717) is 9.25 Å². The highest BCUT2D eigenvalue weighted by Gasteiger charge is 2.36. The molecule has 0 radical (unpaired) electrons. The quantitative estimate of drug-likeness (QED) is 0.574. The summed E-state index contributed by atoms with van der Waals surface area (Å²) in [4.78, 5) is 46.2. The summed E-state index contributed by atoms with van der Waals surface area (Å²) in [5.41, 5.74) is -1.96. The molecule has 0 amide bonds. The summed E-state index contributed by atoms with van der Waals surface area (Å²) < 4.78 is 1.93. The lowest BCUT2D eigenvalue weighted by Gasteiger charge is -2.25. The van der Waals surface area contributed by atoms with Gasteiger partial charge in [0.1, 0.15) is 6.04 Å².